The minimum Gasteiger partial charge on any atom is -0.467 e. The number of carbonyl (C=O) groups excluding carboxylic acids is 2. The van der Waals surface area contributed by atoms with Gasteiger partial charge in [-0.3, -0.25) is 4.79 Å². The van der Waals surface area contributed by atoms with Gasteiger partial charge in [0.15, 0.2) is 0 Å². The van der Waals surface area contributed by atoms with Gasteiger partial charge in [-0.15, -0.1) is 0 Å². The number of halogens is 1. The number of hydrogen-bond acceptors (Lipinski definition) is 4. The first-order valence-corrected chi connectivity index (χ1v) is 6.24. The number of methoxy groups -OCH3 is 2. The van der Waals surface area contributed by atoms with Gasteiger partial charge in [0.05, 0.1) is 13.2 Å². The number of benzene rings is 1. The Hall–Kier alpha value is -1.95. The number of nitrogens with zero attached hydrogens (tertiary/aromatic N) is 1. The van der Waals surface area contributed by atoms with Crippen molar-refractivity contribution in [3.63, 3.8) is 0 Å². The molecule has 0 aromatic heterocycles. The van der Waals surface area contributed by atoms with Crippen LogP contribution in [0.4, 0.5) is 4.39 Å². The Morgan fingerprint density at radius 3 is 2.70 bits per heavy atom. The van der Waals surface area contributed by atoms with Crippen molar-refractivity contribution in [3.05, 3.63) is 35.6 Å². The summed E-state index contributed by atoms with van der Waals surface area (Å²) < 4.78 is 23.1. The third kappa shape index (κ3) is 2.80. The van der Waals surface area contributed by atoms with E-state index in [2.05, 4.69) is 0 Å². The Kier molecular flexibility index (Phi) is 4.34. The Morgan fingerprint density at radius 1 is 1.35 bits per heavy atom. The third-order valence-corrected chi connectivity index (χ3v) is 3.40. The lowest BCUT2D eigenvalue weighted by Gasteiger charge is -2.22. The highest BCUT2D eigenvalue weighted by Crippen LogP contribution is 2.23. The maximum Gasteiger partial charge on any atom is 0.328 e. The smallest absolute Gasteiger partial charge is 0.328 e. The molecule has 2 atom stereocenters. The molecule has 1 heterocycles. The van der Waals surface area contributed by atoms with E-state index in [1.54, 1.807) is 0 Å². The molecule has 1 aromatic rings. The quantitative estimate of drug-likeness (QED) is 0.782. The maximum absolute atomic E-state index is 13.2. The molecule has 0 saturated carbocycles. The van der Waals surface area contributed by atoms with Crippen LogP contribution < -0.4 is 0 Å². The molecule has 0 N–H and O–H groups in total. The average Bonchev–Trinajstić information content (AvgIpc) is 2.90. The molecule has 20 heavy (non-hydrogen) atoms. The molecule has 6 heteroatoms. The first kappa shape index (κ1) is 14.5. The molecule has 1 amide bonds. The lowest BCUT2D eigenvalue weighted by atomic mass is 10.1. The highest BCUT2D eigenvalue weighted by Gasteiger charge is 2.40. The molecule has 1 aliphatic rings. The van der Waals surface area contributed by atoms with Crippen molar-refractivity contribution in [2.24, 2.45) is 0 Å². The number of hydrogen-bond donors (Lipinski definition) is 0. The zero-order valence-electron chi connectivity index (χ0n) is 11.3. The molecule has 0 bridgehead atoms. The van der Waals surface area contributed by atoms with Gasteiger partial charge in [-0.2, -0.15) is 0 Å². The molecule has 0 unspecified atom stereocenters. The number of rotatable bonds is 3. The number of ether oxygens (including phenoxy) is 2. The predicted molar refractivity (Wildman–Crippen MR) is 68.7 cm³/mol. The first-order valence-electron chi connectivity index (χ1n) is 6.24. The van der Waals surface area contributed by atoms with Crippen molar-refractivity contribution >= 4 is 11.9 Å². The highest BCUT2D eigenvalue weighted by molar-refractivity contribution is 5.97. The second-order valence-corrected chi connectivity index (χ2v) is 4.60. The topological polar surface area (TPSA) is 55.8 Å². The van der Waals surface area contributed by atoms with Crippen LogP contribution in [0.15, 0.2) is 24.3 Å². The van der Waals surface area contributed by atoms with Crippen LogP contribution in [0.2, 0.25) is 0 Å². The fourth-order valence-electron chi connectivity index (χ4n) is 2.34. The van der Waals surface area contributed by atoms with Crippen molar-refractivity contribution in [1.82, 2.24) is 4.90 Å². The number of likely N-dealkylation sites (tertiary alicyclic amines) is 1. The summed E-state index contributed by atoms with van der Waals surface area (Å²) in [6.07, 6.45) is 0.154. The summed E-state index contributed by atoms with van der Waals surface area (Å²) in [6, 6.07) is 4.69. The SMILES string of the molecule is COC(=O)[C@H]1C[C@@H](OC)CN1C(=O)c1cccc(F)c1. The van der Waals surface area contributed by atoms with Crippen LogP contribution in [-0.4, -0.2) is 49.7 Å². The van der Waals surface area contributed by atoms with Crippen LogP contribution in [-0.2, 0) is 14.3 Å². The molecular weight excluding hydrogens is 265 g/mol. The zero-order chi connectivity index (χ0) is 14.7. The summed E-state index contributed by atoms with van der Waals surface area (Å²) >= 11 is 0. The second-order valence-electron chi connectivity index (χ2n) is 4.60. The average molecular weight is 281 g/mol. The number of esters is 1. The molecule has 0 radical (unpaired) electrons. The molecule has 0 aliphatic carbocycles. The van der Waals surface area contributed by atoms with E-state index >= 15 is 0 Å². The van der Waals surface area contributed by atoms with Gasteiger partial charge in [-0.05, 0) is 18.2 Å². The number of carbonyl (C=O) groups is 2. The maximum atomic E-state index is 13.2. The Morgan fingerprint density at radius 2 is 2.10 bits per heavy atom. The van der Waals surface area contributed by atoms with Crippen molar-refractivity contribution in [2.75, 3.05) is 20.8 Å². The molecule has 0 spiro atoms. The molecule has 108 valence electrons. The van der Waals surface area contributed by atoms with Crippen molar-refractivity contribution < 1.29 is 23.5 Å². The largest absolute Gasteiger partial charge is 0.467 e. The van der Waals surface area contributed by atoms with Gasteiger partial charge < -0.3 is 14.4 Å². The summed E-state index contributed by atoms with van der Waals surface area (Å²) in [5.41, 5.74) is 0.204. The monoisotopic (exact) mass is 281 g/mol. The Bertz CT molecular complexity index is 520. The first-order chi connectivity index (χ1) is 9.56. The van der Waals surface area contributed by atoms with Crippen molar-refractivity contribution in [3.8, 4) is 0 Å². The summed E-state index contributed by atoms with van der Waals surface area (Å²) in [6.45, 7) is 0.283. The van der Waals surface area contributed by atoms with Gasteiger partial charge in [-0.1, -0.05) is 6.07 Å². The fourth-order valence-corrected chi connectivity index (χ4v) is 2.34. The van der Waals surface area contributed by atoms with Gasteiger partial charge in [0.1, 0.15) is 11.9 Å². The summed E-state index contributed by atoms with van der Waals surface area (Å²) in [4.78, 5) is 25.5. The molecule has 1 fully saturated rings. The van der Waals surface area contributed by atoms with Crippen LogP contribution in [0, 0.1) is 5.82 Å². The van der Waals surface area contributed by atoms with Gasteiger partial charge in [-0.25, -0.2) is 9.18 Å². The lowest BCUT2D eigenvalue weighted by Crippen LogP contribution is -2.41. The van der Waals surface area contributed by atoms with Gasteiger partial charge in [0.2, 0.25) is 0 Å². The number of amides is 1. The van der Waals surface area contributed by atoms with E-state index in [9.17, 15) is 14.0 Å². The van der Waals surface area contributed by atoms with Crippen LogP contribution in [0.1, 0.15) is 16.8 Å². The van der Waals surface area contributed by atoms with E-state index < -0.39 is 23.7 Å². The van der Waals surface area contributed by atoms with E-state index in [0.717, 1.165) is 6.07 Å². The van der Waals surface area contributed by atoms with Crippen LogP contribution in [0.25, 0.3) is 0 Å². The van der Waals surface area contributed by atoms with E-state index in [-0.39, 0.29) is 18.2 Å². The molecule has 5 nitrogen and oxygen atoms in total. The standard InChI is InChI=1S/C14H16FNO4/c1-19-11-7-12(14(18)20-2)16(8-11)13(17)9-4-3-5-10(15)6-9/h3-6,11-12H,7-8H2,1-2H3/t11-,12-/m1/s1. The molecule has 2 rings (SSSR count). The van der Waals surface area contributed by atoms with E-state index in [4.69, 9.17) is 9.47 Å². The minimum atomic E-state index is -0.694. The third-order valence-electron chi connectivity index (χ3n) is 3.40. The predicted octanol–water partition coefficient (Wildman–Crippen LogP) is 1.23. The Labute approximate surface area is 116 Å². The molecular formula is C14H16FNO4. The minimum absolute atomic E-state index is 0.204. The normalized spacial score (nSPS) is 21.9. The van der Waals surface area contributed by atoms with E-state index in [1.807, 2.05) is 0 Å². The second kappa shape index (κ2) is 6.00. The Balaban J connectivity index is 2.24. The zero-order valence-corrected chi connectivity index (χ0v) is 11.3. The lowest BCUT2D eigenvalue weighted by molar-refractivity contribution is -0.145. The summed E-state index contributed by atoms with van der Waals surface area (Å²) in [5, 5.41) is 0. The van der Waals surface area contributed by atoms with Crippen LogP contribution in [0.5, 0.6) is 0 Å². The van der Waals surface area contributed by atoms with Gasteiger partial charge in [0, 0.05) is 25.6 Å². The summed E-state index contributed by atoms with van der Waals surface area (Å²) in [7, 11) is 2.79. The molecule has 1 saturated heterocycles. The molecule has 1 aromatic carbocycles. The van der Waals surface area contributed by atoms with Gasteiger partial charge >= 0.3 is 5.97 Å². The van der Waals surface area contributed by atoms with Crippen LogP contribution >= 0.6 is 0 Å². The molecule has 1 aliphatic heterocycles. The van der Waals surface area contributed by atoms with Crippen molar-refractivity contribution in [2.45, 2.75) is 18.6 Å². The van der Waals surface area contributed by atoms with Crippen LogP contribution in [0.3, 0.4) is 0 Å². The van der Waals surface area contributed by atoms with Gasteiger partial charge in [0.25, 0.3) is 5.91 Å². The fraction of sp³-hybridized carbons (Fsp3) is 0.429. The van der Waals surface area contributed by atoms with E-state index in [1.165, 1.54) is 37.3 Å². The van der Waals surface area contributed by atoms with E-state index in [0.29, 0.717) is 6.42 Å². The van der Waals surface area contributed by atoms with Crippen molar-refractivity contribution in [1.29, 1.82) is 0 Å². The summed E-state index contributed by atoms with van der Waals surface area (Å²) in [5.74, 6) is -1.39. The highest BCUT2D eigenvalue weighted by atomic mass is 19.1.